The first kappa shape index (κ1) is 17.7. The predicted molar refractivity (Wildman–Crippen MR) is 104 cm³/mol. The first-order chi connectivity index (χ1) is 13.3. The topological polar surface area (TPSA) is 80.2 Å². The van der Waals surface area contributed by atoms with Crippen LogP contribution in [0, 0.1) is 0 Å². The molecule has 2 aromatic heterocycles. The van der Waals surface area contributed by atoms with Gasteiger partial charge in [-0.3, -0.25) is 9.78 Å². The molecule has 2 atom stereocenters. The van der Waals surface area contributed by atoms with E-state index in [2.05, 4.69) is 31.8 Å². The molecule has 1 aliphatic rings. The molecule has 0 aliphatic carbocycles. The SMILES string of the molecule is COCCn1ccc2c(NC(=O)C3CC(c4cccnc4)NN3)cccc21. The lowest BCUT2D eigenvalue weighted by molar-refractivity contribution is -0.117. The van der Waals surface area contributed by atoms with Gasteiger partial charge >= 0.3 is 0 Å². The third kappa shape index (κ3) is 3.71. The summed E-state index contributed by atoms with van der Waals surface area (Å²) in [4.78, 5) is 16.9. The van der Waals surface area contributed by atoms with Gasteiger partial charge < -0.3 is 14.6 Å². The van der Waals surface area contributed by atoms with Crippen LogP contribution in [0.2, 0.25) is 0 Å². The summed E-state index contributed by atoms with van der Waals surface area (Å²) < 4.78 is 7.29. The van der Waals surface area contributed by atoms with E-state index in [4.69, 9.17) is 4.74 Å². The van der Waals surface area contributed by atoms with Crippen LogP contribution >= 0.6 is 0 Å². The van der Waals surface area contributed by atoms with Gasteiger partial charge in [-0.15, -0.1) is 0 Å². The van der Waals surface area contributed by atoms with Gasteiger partial charge in [-0.1, -0.05) is 12.1 Å². The number of amides is 1. The van der Waals surface area contributed by atoms with Crippen LogP contribution in [0.15, 0.2) is 55.0 Å². The average molecular weight is 365 g/mol. The summed E-state index contributed by atoms with van der Waals surface area (Å²) >= 11 is 0. The lowest BCUT2D eigenvalue weighted by atomic mass is 10.0. The second-order valence-electron chi connectivity index (χ2n) is 6.65. The van der Waals surface area contributed by atoms with E-state index in [1.165, 1.54) is 0 Å². The van der Waals surface area contributed by atoms with Crippen LogP contribution in [0.5, 0.6) is 0 Å². The number of nitrogens with one attached hydrogen (secondary N) is 3. The van der Waals surface area contributed by atoms with Crippen LogP contribution in [0.25, 0.3) is 10.9 Å². The third-order valence-electron chi connectivity index (χ3n) is 4.91. The maximum atomic E-state index is 12.8. The Morgan fingerprint density at radius 1 is 1.30 bits per heavy atom. The fraction of sp³-hybridized carbons (Fsp3) is 0.300. The van der Waals surface area contributed by atoms with Crippen molar-refractivity contribution in [2.75, 3.05) is 19.0 Å². The largest absolute Gasteiger partial charge is 0.383 e. The lowest BCUT2D eigenvalue weighted by Crippen LogP contribution is -2.39. The third-order valence-corrected chi connectivity index (χ3v) is 4.91. The second kappa shape index (κ2) is 7.87. The van der Waals surface area contributed by atoms with Gasteiger partial charge in [0.15, 0.2) is 0 Å². The number of carbonyl (C=O) groups is 1. The molecule has 0 bridgehead atoms. The number of rotatable bonds is 6. The van der Waals surface area contributed by atoms with Gasteiger partial charge in [-0.25, -0.2) is 10.9 Å². The highest BCUT2D eigenvalue weighted by molar-refractivity contribution is 6.03. The highest BCUT2D eigenvalue weighted by atomic mass is 16.5. The van der Waals surface area contributed by atoms with Crippen molar-refractivity contribution in [3.05, 3.63) is 60.6 Å². The minimum atomic E-state index is -0.305. The number of hydrazine groups is 1. The molecule has 140 valence electrons. The average Bonchev–Trinajstić information content (AvgIpc) is 3.35. The van der Waals surface area contributed by atoms with Crippen LogP contribution in [0.3, 0.4) is 0 Å². The summed E-state index contributed by atoms with van der Waals surface area (Å²) in [5.74, 6) is -0.0500. The summed E-state index contributed by atoms with van der Waals surface area (Å²) in [5.41, 5.74) is 9.25. The van der Waals surface area contributed by atoms with Crippen molar-refractivity contribution >= 4 is 22.5 Å². The summed E-state index contributed by atoms with van der Waals surface area (Å²) in [5, 5.41) is 4.09. The number of benzene rings is 1. The molecule has 27 heavy (non-hydrogen) atoms. The Bertz CT molecular complexity index is 925. The highest BCUT2D eigenvalue weighted by Gasteiger charge is 2.30. The van der Waals surface area contributed by atoms with Crippen molar-refractivity contribution in [1.29, 1.82) is 0 Å². The Morgan fingerprint density at radius 2 is 2.22 bits per heavy atom. The summed E-state index contributed by atoms with van der Waals surface area (Å²) in [6, 6.07) is 11.6. The molecule has 0 saturated carbocycles. The number of hydrogen-bond acceptors (Lipinski definition) is 5. The predicted octanol–water partition coefficient (Wildman–Crippen LogP) is 2.23. The molecule has 0 spiro atoms. The molecule has 1 aliphatic heterocycles. The Labute approximate surface area is 157 Å². The molecule has 3 N–H and O–H groups in total. The highest BCUT2D eigenvalue weighted by Crippen LogP contribution is 2.26. The fourth-order valence-corrected chi connectivity index (χ4v) is 3.47. The van der Waals surface area contributed by atoms with Crippen molar-refractivity contribution in [3.63, 3.8) is 0 Å². The number of aromatic nitrogens is 2. The van der Waals surface area contributed by atoms with Gasteiger partial charge in [0.2, 0.25) is 5.91 Å². The van der Waals surface area contributed by atoms with Gasteiger partial charge in [0.1, 0.15) is 6.04 Å². The first-order valence-corrected chi connectivity index (χ1v) is 9.05. The zero-order chi connectivity index (χ0) is 18.6. The number of ether oxygens (including phenoxy) is 1. The van der Waals surface area contributed by atoms with E-state index < -0.39 is 0 Å². The van der Waals surface area contributed by atoms with E-state index in [1.54, 1.807) is 13.3 Å². The number of carbonyl (C=O) groups excluding carboxylic acids is 1. The van der Waals surface area contributed by atoms with Crippen molar-refractivity contribution in [1.82, 2.24) is 20.4 Å². The number of anilines is 1. The number of methoxy groups -OCH3 is 1. The molecule has 4 rings (SSSR count). The first-order valence-electron chi connectivity index (χ1n) is 9.05. The lowest BCUT2D eigenvalue weighted by Gasteiger charge is -2.12. The second-order valence-corrected chi connectivity index (χ2v) is 6.65. The standard InChI is InChI=1S/C20H23N5O2/c1-27-11-10-25-9-7-15-16(5-2-6-19(15)25)22-20(26)18-12-17(23-24-18)14-4-3-8-21-13-14/h2-9,13,17-18,23-24H,10-12H2,1H3,(H,22,26). The zero-order valence-corrected chi connectivity index (χ0v) is 15.2. The molecular formula is C20H23N5O2. The molecular weight excluding hydrogens is 342 g/mol. The summed E-state index contributed by atoms with van der Waals surface area (Å²) in [6.45, 7) is 1.42. The van der Waals surface area contributed by atoms with E-state index in [-0.39, 0.29) is 18.0 Å². The smallest absolute Gasteiger partial charge is 0.242 e. The molecule has 2 unspecified atom stereocenters. The fourth-order valence-electron chi connectivity index (χ4n) is 3.47. The van der Waals surface area contributed by atoms with E-state index in [0.29, 0.717) is 13.0 Å². The van der Waals surface area contributed by atoms with Gasteiger partial charge in [-0.05, 0) is 36.2 Å². The van der Waals surface area contributed by atoms with Crippen LogP contribution in [-0.4, -0.2) is 35.2 Å². The molecule has 1 aromatic carbocycles. The van der Waals surface area contributed by atoms with Gasteiger partial charge in [0.05, 0.1) is 17.8 Å². The van der Waals surface area contributed by atoms with Crippen LogP contribution in [-0.2, 0) is 16.1 Å². The monoisotopic (exact) mass is 365 g/mol. The maximum absolute atomic E-state index is 12.8. The number of hydrogen-bond donors (Lipinski definition) is 3. The van der Waals surface area contributed by atoms with E-state index in [9.17, 15) is 4.79 Å². The Hall–Kier alpha value is -2.74. The number of pyridine rings is 1. The van der Waals surface area contributed by atoms with E-state index in [1.807, 2.05) is 42.7 Å². The molecule has 3 heterocycles. The van der Waals surface area contributed by atoms with Crippen molar-refractivity contribution < 1.29 is 9.53 Å². The van der Waals surface area contributed by atoms with E-state index in [0.717, 1.165) is 28.7 Å². The Balaban J connectivity index is 1.46. The molecule has 1 fully saturated rings. The zero-order valence-electron chi connectivity index (χ0n) is 15.2. The molecule has 1 saturated heterocycles. The number of nitrogens with zero attached hydrogens (tertiary/aromatic N) is 2. The van der Waals surface area contributed by atoms with Gasteiger partial charge in [0, 0.05) is 43.7 Å². The van der Waals surface area contributed by atoms with Crippen LogP contribution in [0.1, 0.15) is 18.0 Å². The van der Waals surface area contributed by atoms with Crippen LogP contribution in [0.4, 0.5) is 5.69 Å². The summed E-state index contributed by atoms with van der Waals surface area (Å²) in [6.07, 6.45) is 6.26. The molecule has 7 nitrogen and oxygen atoms in total. The molecule has 7 heteroatoms. The molecule has 3 aromatic rings. The maximum Gasteiger partial charge on any atom is 0.242 e. The Kier molecular flexibility index (Phi) is 5.15. The molecule has 0 radical (unpaired) electrons. The minimum Gasteiger partial charge on any atom is -0.383 e. The van der Waals surface area contributed by atoms with Gasteiger partial charge in [-0.2, -0.15) is 0 Å². The molecule has 1 amide bonds. The minimum absolute atomic E-state index is 0.0500. The van der Waals surface area contributed by atoms with Crippen molar-refractivity contribution in [3.8, 4) is 0 Å². The normalized spacial score (nSPS) is 19.4. The van der Waals surface area contributed by atoms with Crippen LogP contribution < -0.4 is 16.2 Å². The Morgan fingerprint density at radius 3 is 3.04 bits per heavy atom. The van der Waals surface area contributed by atoms with Crippen molar-refractivity contribution in [2.24, 2.45) is 0 Å². The number of fused-ring (bicyclic) bond motifs is 1. The summed E-state index contributed by atoms with van der Waals surface area (Å²) in [7, 11) is 1.69. The van der Waals surface area contributed by atoms with E-state index >= 15 is 0 Å². The van der Waals surface area contributed by atoms with Crippen molar-refractivity contribution in [2.45, 2.75) is 25.0 Å². The quantitative estimate of drug-likeness (QED) is 0.624. The van der Waals surface area contributed by atoms with Gasteiger partial charge in [0.25, 0.3) is 0 Å².